The quantitative estimate of drug-likeness (QED) is 0.730. The van der Waals surface area contributed by atoms with Gasteiger partial charge < -0.3 is 14.8 Å². The highest BCUT2D eigenvalue weighted by molar-refractivity contribution is 7.98. The van der Waals surface area contributed by atoms with Crippen molar-refractivity contribution >= 4 is 40.1 Å². The second-order valence-electron chi connectivity index (χ2n) is 6.19. The third kappa shape index (κ3) is 3.09. The van der Waals surface area contributed by atoms with Crippen LogP contribution in [0, 0.1) is 0 Å². The number of nitrogens with zero attached hydrogens (tertiary/aromatic N) is 3. The minimum absolute atomic E-state index is 0.0665. The van der Waals surface area contributed by atoms with Crippen molar-refractivity contribution in [1.29, 1.82) is 0 Å². The van der Waals surface area contributed by atoms with Crippen molar-refractivity contribution in [2.24, 2.45) is 0 Å². The van der Waals surface area contributed by atoms with Gasteiger partial charge in [0, 0.05) is 36.3 Å². The van der Waals surface area contributed by atoms with Gasteiger partial charge >= 0.3 is 0 Å². The van der Waals surface area contributed by atoms with Gasteiger partial charge in [0.15, 0.2) is 0 Å². The maximum absolute atomic E-state index is 11.3. The first-order valence-corrected chi connectivity index (χ1v) is 9.52. The maximum atomic E-state index is 11.3. The topological polar surface area (TPSA) is 50.2 Å². The highest BCUT2D eigenvalue weighted by Crippen LogP contribution is 2.28. The molecule has 128 valence electrons. The van der Waals surface area contributed by atoms with Gasteiger partial charge in [-0.05, 0) is 42.7 Å². The molecule has 6 heteroatoms. The summed E-state index contributed by atoms with van der Waals surface area (Å²) in [5.41, 5.74) is 4.09. The molecule has 1 aliphatic rings. The summed E-state index contributed by atoms with van der Waals surface area (Å²) in [6, 6.07) is 14.6. The Kier molecular flexibility index (Phi) is 4.13. The van der Waals surface area contributed by atoms with Crippen LogP contribution in [0.1, 0.15) is 12.7 Å². The van der Waals surface area contributed by atoms with Crippen molar-refractivity contribution in [3.05, 3.63) is 48.3 Å². The molecule has 0 spiro atoms. The van der Waals surface area contributed by atoms with Crippen LogP contribution in [0.5, 0.6) is 0 Å². The molecular formula is C19H20N4OS. The predicted molar refractivity (Wildman–Crippen MR) is 103 cm³/mol. The molecule has 4 rings (SSSR count). The first-order valence-electron chi connectivity index (χ1n) is 8.30. The molecule has 0 saturated carbocycles. The van der Waals surface area contributed by atoms with Crippen molar-refractivity contribution < 1.29 is 4.79 Å². The van der Waals surface area contributed by atoms with Gasteiger partial charge in [0.05, 0.1) is 17.6 Å². The summed E-state index contributed by atoms with van der Waals surface area (Å²) in [6.07, 6.45) is 2.10. The predicted octanol–water partition coefficient (Wildman–Crippen LogP) is 3.74. The fraction of sp³-hybridized carbons (Fsp3) is 0.263. The lowest BCUT2D eigenvalue weighted by atomic mass is 10.2. The number of hydrogen-bond acceptors (Lipinski definition) is 4. The van der Waals surface area contributed by atoms with E-state index < -0.39 is 0 Å². The fourth-order valence-electron chi connectivity index (χ4n) is 3.33. The molecule has 0 fully saturated rings. The highest BCUT2D eigenvalue weighted by Gasteiger charge is 2.20. The standard InChI is InChI=1S/C19H20N4OS/c1-13(24)20-14-6-7-18-17(10-14)21-19-12-22(8-9-23(18)19)15-4-3-5-16(11-15)25-2/h3-7,10-11H,8-9,12H2,1-2H3,(H,20,24). The van der Waals surface area contributed by atoms with Crippen molar-refractivity contribution in [2.45, 2.75) is 24.9 Å². The average Bonchev–Trinajstić information content (AvgIpc) is 2.98. The Bertz CT molecular complexity index is 950. The monoisotopic (exact) mass is 352 g/mol. The van der Waals surface area contributed by atoms with Gasteiger partial charge in [-0.15, -0.1) is 11.8 Å². The SMILES string of the molecule is CSc1cccc(N2CCn3c(nc4cc(NC(C)=O)ccc43)C2)c1. The number of nitrogens with one attached hydrogen (secondary N) is 1. The van der Waals surface area contributed by atoms with E-state index in [4.69, 9.17) is 4.98 Å². The van der Waals surface area contributed by atoms with Crippen LogP contribution in [0.15, 0.2) is 47.4 Å². The summed E-state index contributed by atoms with van der Waals surface area (Å²) in [7, 11) is 0. The number of benzene rings is 2. The van der Waals surface area contributed by atoms with E-state index >= 15 is 0 Å². The van der Waals surface area contributed by atoms with Gasteiger partial charge in [0.2, 0.25) is 5.91 Å². The van der Waals surface area contributed by atoms with E-state index in [2.05, 4.69) is 45.3 Å². The molecule has 1 aromatic heterocycles. The van der Waals surface area contributed by atoms with Crippen LogP contribution in [0.4, 0.5) is 11.4 Å². The van der Waals surface area contributed by atoms with Crippen LogP contribution in [-0.2, 0) is 17.9 Å². The Balaban J connectivity index is 1.65. The molecule has 0 unspecified atom stereocenters. The normalized spacial score (nSPS) is 13.8. The number of carbonyl (C=O) groups is 1. The third-order valence-corrected chi connectivity index (χ3v) is 5.22. The van der Waals surface area contributed by atoms with Crippen molar-refractivity contribution in [3.63, 3.8) is 0 Å². The molecule has 1 aliphatic heterocycles. The molecular weight excluding hydrogens is 332 g/mol. The number of carbonyl (C=O) groups excluding carboxylic acids is 1. The number of hydrogen-bond donors (Lipinski definition) is 1. The van der Waals surface area contributed by atoms with Crippen LogP contribution in [-0.4, -0.2) is 28.3 Å². The number of anilines is 2. The van der Waals surface area contributed by atoms with Crippen molar-refractivity contribution in [1.82, 2.24) is 9.55 Å². The van der Waals surface area contributed by atoms with Gasteiger partial charge in [-0.25, -0.2) is 4.98 Å². The summed E-state index contributed by atoms with van der Waals surface area (Å²) >= 11 is 1.76. The first kappa shape index (κ1) is 16.0. The molecule has 0 bridgehead atoms. The molecule has 2 heterocycles. The van der Waals surface area contributed by atoms with Crippen LogP contribution in [0.2, 0.25) is 0 Å². The van der Waals surface area contributed by atoms with E-state index in [1.54, 1.807) is 11.8 Å². The fourth-order valence-corrected chi connectivity index (χ4v) is 3.78. The van der Waals surface area contributed by atoms with Gasteiger partial charge in [0.25, 0.3) is 0 Å². The molecule has 2 aromatic carbocycles. The minimum Gasteiger partial charge on any atom is -0.362 e. The van der Waals surface area contributed by atoms with Gasteiger partial charge in [0.1, 0.15) is 5.82 Å². The molecule has 0 radical (unpaired) electrons. The van der Waals surface area contributed by atoms with E-state index in [-0.39, 0.29) is 5.91 Å². The van der Waals surface area contributed by atoms with Crippen LogP contribution in [0.25, 0.3) is 11.0 Å². The Labute approximate surface area is 151 Å². The van der Waals surface area contributed by atoms with Crippen LogP contribution < -0.4 is 10.2 Å². The van der Waals surface area contributed by atoms with Gasteiger partial charge in [-0.1, -0.05) is 6.07 Å². The zero-order valence-electron chi connectivity index (χ0n) is 14.3. The Morgan fingerprint density at radius 3 is 2.88 bits per heavy atom. The Morgan fingerprint density at radius 1 is 1.20 bits per heavy atom. The molecule has 0 atom stereocenters. The lowest BCUT2D eigenvalue weighted by Gasteiger charge is -2.30. The van der Waals surface area contributed by atoms with E-state index in [9.17, 15) is 4.79 Å². The Hall–Kier alpha value is -2.47. The third-order valence-electron chi connectivity index (χ3n) is 4.49. The van der Waals surface area contributed by atoms with Gasteiger partial charge in [-0.2, -0.15) is 0 Å². The molecule has 3 aromatic rings. The van der Waals surface area contributed by atoms with Crippen LogP contribution >= 0.6 is 11.8 Å². The highest BCUT2D eigenvalue weighted by atomic mass is 32.2. The molecule has 25 heavy (non-hydrogen) atoms. The van der Waals surface area contributed by atoms with Crippen LogP contribution in [0.3, 0.4) is 0 Å². The summed E-state index contributed by atoms with van der Waals surface area (Å²) in [4.78, 5) is 19.7. The molecule has 5 nitrogen and oxygen atoms in total. The van der Waals surface area contributed by atoms with Crippen molar-refractivity contribution in [2.75, 3.05) is 23.0 Å². The number of fused-ring (bicyclic) bond motifs is 3. The van der Waals surface area contributed by atoms with E-state index in [0.717, 1.165) is 42.2 Å². The maximum Gasteiger partial charge on any atom is 0.221 e. The summed E-state index contributed by atoms with van der Waals surface area (Å²) < 4.78 is 2.28. The minimum atomic E-state index is -0.0665. The Morgan fingerprint density at radius 2 is 2.08 bits per heavy atom. The molecule has 1 amide bonds. The van der Waals surface area contributed by atoms with Gasteiger partial charge in [-0.3, -0.25) is 4.79 Å². The average molecular weight is 352 g/mol. The number of amides is 1. The second kappa shape index (κ2) is 6.44. The number of imidazole rings is 1. The summed E-state index contributed by atoms with van der Waals surface area (Å²) in [5, 5.41) is 2.82. The van der Waals surface area contributed by atoms with E-state index in [1.165, 1.54) is 17.5 Å². The molecule has 0 aliphatic carbocycles. The lowest BCUT2D eigenvalue weighted by molar-refractivity contribution is -0.114. The lowest BCUT2D eigenvalue weighted by Crippen LogP contribution is -2.33. The molecule has 0 saturated heterocycles. The van der Waals surface area contributed by atoms with E-state index in [1.807, 2.05) is 18.2 Å². The van der Waals surface area contributed by atoms with Crippen molar-refractivity contribution in [3.8, 4) is 0 Å². The summed E-state index contributed by atoms with van der Waals surface area (Å²) in [5.74, 6) is 0.999. The zero-order chi connectivity index (χ0) is 17.4. The number of aromatic nitrogens is 2. The zero-order valence-corrected chi connectivity index (χ0v) is 15.1. The summed E-state index contributed by atoms with van der Waals surface area (Å²) in [6.45, 7) is 4.18. The number of thioether (sulfide) groups is 1. The first-order chi connectivity index (χ1) is 12.1. The largest absolute Gasteiger partial charge is 0.362 e. The van der Waals surface area contributed by atoms with E-state index in [0.29, 0.717) is 0 Å². The number of rotatable bonds is 3. The smallest absolute Gasteiger partial charge is 0.221 e. The molecule has 1 N–H and O–H groups in total. The second-order valence-corrected chi connectivity index (χ2v) is 7.07.